The molecule has 0 saturated carbocycles. The topological polar surface area (TPSA) is 85.5 Å². The number of anilines is 2. The average molecular weight is 270 g/mol. The van der Waals surface area contributed by atoms with Gasteiger partial charge < -0.3 is 15.4 Å². The first kappa shape index (κ1) is 12.6. The average Bonchev–Trinajstić information content (AvgIpc) is 2.74. The molecule has 1 aliphatic rings. The molecule has 1 unspecified atom stereocenters. The maximum Gasteiger partial charge on any atom is 0.311 e. The number of hydrogen-bond acceptors (Lipinski definition) is 5. The van der Waals surface area contributed by atoms with Gasteiger partial charge in [-0.2, -0.15) is 0 Å². The van der Waals surface area contributed by atoms with Crippen LogP contribution < -0.4 is 10.6 Å². The van der Waals surface area contributed by atoms with E-state index in [-0.39, 0.29) is 29.7 Å². The summed E-state index contributed by atoms with van der Waals surface area (Å²) >= 11 is 5.80. The van der Waals surface area contributed by atoms with E-state index in [9.17, 15) is 9.59 Å². The molecule has 96 valence electrons. The minimum atomic E-state index is -0.464. The molecular weight excluding hydrogens is 258 g/mol. The third-order valence-corrected chi connectivity index (χ3v) is 3.17. The molecule has 0 bridgehead atoms. The molecule has 2 heterocycles. The van der Waals surface area contributed by atoms with E-state index < -0.39 is 11.9 Å². The lowest BCUT2D eigenvalue weighted by Gasteiger charge is -2.18. The third kappa shape index (κ3) is 2.11. The second kappa shape index (κ2) is 4.81. The molecule has 0 aromatic carbocycles. The van der Waals surface area contributed by atoms with Crippen LogP contribution in [0.2, 0.25) is 5.15 Å². The zero-order valence-electron chi connectivity index (χ0n) is 9.72. The Bertz CT molecular complexity index is 506. The molecule has 1 atom stereocenters. The van der Waals surface area contributed by atoms with Crippen LogP contribution in [0.3, 0.4) is 0 Å². The van der Waals surface area contributed by atoms with Gasteiger partial charge in [-0.15, -0.1) is 0 Å². The van der Waals surface area contributed by atoms with Crippen LogP contribution in [0.4, 0.5) is 11.4 Å². The molecule has 1 aromatic heterocycles. The van der Waals surface area contributed by atoms with Gasteiger partial charge in [0.15, 0.2) is 5.15 Å². The molecule has 7 heteroatoms. The number of carbonyl (C=O) groups excluding carboxylic acids is 2. The molecule has 18 heavy (non-hydrogen) atoms. The lowest BCUT2D eigenvalue weighted by atomic mass is 10.1. The summed E-state index contributed by atoms with van der Waals surface area (Å²) in [4.78, 5) is 28.5. The molecule has 1 aromatic rings. The van der Waals surface area contributed by atoms with E-state index in [1.54, 1.807) is 6.07 Å². The van der Waals surface area contributed by atoms with Gasteiger partial charge in [-0.05, 0) is 6.07 Å². The van der Waals surface area contributed by atoms with Crippen molar-refractivity contribution < 1.29 is 14.3 Å². The highest BCUT2D eigenvalue weighted by molar-refractivity contribution is 6.32. The number of esters is 1. The molecule has 0 radical (unpaired) electrons. The lowest BCUT2D eigenvalue weighted by Crippen LogP contribution is -2.27. The van der Waals surface area contributed by atoms with Gasteiger partial charge in [0.25, 0.3) is 0 Å². The summed E-state index contributed by atoms with van der Waals surface area (Å²) in [7, 11) is 1.30. The van der Waals surface area contributed by atoms with E-state index in [0.717, 1.165) is 0 Å². The SMILES string of the molecule is COC(=O)C1CC(=O)N(c2ccnc(Cl)c2N)C1. The third-order valence-electron chi connectivity index (χ3n) is 2.87. The molecule has 1 fully saturated rings. The summed E-state index contributed by atoms with van der Waals surface area (Å²) < 4.78 is 4.63. The first-order valence-corrected chi connectivity index (χ1v) is 5.70. The molecule has 0 aliphatic carbocycles. The number of amides is 1. The van der Waals surface area contributed by atoms with Gasteiger partial charge in [-0.3, -0.25) is 9.59 Å². The first-order chi connectivity index (χ1) is 8.54. The lowest BCUT2D eigenvalue weighted by molar-refractivity contribution is -0.145. The number of methoxy groups -OCH3 is 1. The largest absolute Gasteiger partial charge is 0.469 e. The van der Waals surface area contributed by atoms with Crippen molar-refractivity contribution in [1.82, 2.24) is 4.98 Å². The monoisotopic (exact) mass is 269 g/mol. The Morgan fingerprint density at radius 2 is 2.39 bits per heavy atom. The van der Waals surface area contributed by atoms with Crippen molar-refractivity contribution in [3.63, 3.8) is 0 Å². The van der Waals surface area contributed by atoms with Gasteiger partial charge in [-0.25, -0.2) is 4.98 Å². The van der Waals surface area contributed by atoms with Gasteiger partial charge in [0, 0.05) is 19.2 Å². The Kier molecular flexibility index (Phi) is 3.38. The first-order valence-electron chi connectivity index (χ1n) is 5.32. The number of nitrogen functional groups attached to an aromatic ring is 1. The number of pyridine rings is 1. The minimum absolute atomic E-state index is 0.117. The molecule has 1 amide bonds. The number of nitrogens with zero attached hydrogens (tertiary/aromatic N) is 2. The van der Waals surface area contributed by atoms with Gasteiger partial charge in [0.05, 0.1) is 24.4 Å². The Labute approximate surface area is 109 Å². The second-order valence-electron chi connectivity index (χ2n) is 3.96. The number of nitrogens with two attached hydrogens (primary N) is 1. The van der Waals surface area contributed by atoms with Crippen molar-refractivity contribution >= 4 is 34.9 Å². The number of aromatic nitrogens is 1. The van der Waals surface area contributed by atoms with Crippen molar-refractivity contribution in [2.45, 2.75) is 6.42 Å². The van der Waals surface area contributed by atoms with Crippen molar-refractivity contribution in [3.05, 3.63) is 17.4 Å². The zero-order valence-corrected chi connectivity index (χ0v) is 10.5. The number of ether oxygens (including phenoxy) is 1. The maximum absolute atomic E-state index is 11.9. The van der Waals surface area contributed by atoms with Crippen LogP contribution in [0.15, 0.2) is 12.3 Å². The number of hydrogen-bond donors (Lipinski definition) is 1. The van der Waals surface area contributed by atoms with Crippen molar-refractivity contribution in [1.29, 1.82) is 0 Å². The van der Waals surface area contributed by atoms with Crippen LogP contribution >= 0.6 is 11.6 Å². The van der Waals surface area contributed by atoms with E-state index in [2.05, 4.69) is 9.72 Å². The van der Waals surface area contributed by atoms with Gasteiger partial charge >= 0.3 is 5.97 Å². The van der Waals surface area contributed by atoms with Crippen molar-refractivity contribution in [2.75, 3.05) is 24.3 Å². The van der Waals surface area contributed by atoms with Crippen LogP contribution in [-0.4, -0.2) is 30.5 Å². The van der Waals surface area contributed by atoms with E-state index >= 15 is 0 Å². The van der Waals surface area contributed by atoms with Crippen molar-refractivity contribution in [3.8, 4) is 0 Å². The van der Waals surface area contributed by atoms with Crippen molar-refractivity contribution in [2.24, 2.45) is 5.92 Å². The van der Waals surface area contributed by atoms with Gasteiger partial charge in [0.1, 0.15) is 0 Å². The molecule has 6 nitrogen and oxygen atoms in total. The summed E-state index contributed by atoms with van der Waals surface area (Å²) in [6, 6.07) is 1.60. The predicted molar refractivity (Wildman–Crippen MR) is 66.1 cm³/mol. The summed E-state index contributed by atoms with van der Waals surface area (Å²) in [5.74, 6) is -1.04. The van der Waals surface area contributed by atoms with Crippen LogP contribution in [-0.2, 0) is 14.3 Å². The van der Waals surface area contributed by atoms with E-state index in [4.69, 9.17) is 17.3 Å². The van der Waals surface area contributed by atoms with Crippen LogP contribution in [0, 0.1) is 5.92 Å². The normalized spacial score (nSPS) is 19.1. The summed E-state index contributed by atoms with van der Waals surface area (Å²) in [6.45, 7) is 0.246. The number of halogens is 1. The summed E-state index contributed by atoms with van der Waals surface area (Å²) in [5.41, 5.74) is 6.49. The molecule has 2 N–H and O–H groups in total. The van der Waals surface area contributed by atoms with E-state index in [0.29, 0.717) is 5.69 Å². The smallest absolute Gasteiger partial charge is 0.311 e. The summed E-state index contributed by atoms with van der Waals surface area (Å²) in [5, 5.41) is 0.141. The standard InChI is InChI=1S/C11H12ClN3O3/c1-18-11(17)6-4-8(16)15(5-6)7-2-3-14-10(12)9(7)13/h2-3,6H,4-5,13H2,1H3. The number of rotatable bonds is 2. The zero-order chi connectivity index (χ0) is 13.3. The minimum Gasteiger partial charge on any atom is -0.469 e. The molecule has 0 spiro atoms. The quantitative estimate of drug-likeness (QED) is 0.635. The Balaban J connectivity index is 2.27. The fourth-order valence-corrected chi connectivity index (χ4v) is 2.09. The fraction of sp³-hybridized carbons (Fsp3) is 0.364. The van der Waals surface area contributed by atoms with E-state index in [1.807, 2.05) is 0 Å². The maximum atomic E-state index is 11.9. The fourth-order valence-electron chi connectivity index (χ4n) is 1.94. The predicted octanol–water partition coefficient (Wildman–Crippen LogP) is 0.843. The molecular formula is C11H12ClN3O3. The van der Waals surface area contributed by atoms with Crippen LogP contribution in [0.25, 0.3) is 0 Å². The Morgan fingerprint density at radius 1 is 1.67 bits per heavy atom. The van der Waals surface area contributed by atoms with Gasteiger partial charge in [0.2, 0.25) is 5.91 Å². The second-order valence-corrected chi connectivity index (χ2v) is 4.32. The van der Waals surface area contributed by atoms with Crippen LogP contribution in [0.1, 0.15) is 6.42 Å². The molecule has 1 aliphatic heterocycles. The highest BCUT2D eigenvalue weighted by Crippen LogP contribution is 2.32. The van der Waals surface area contributed by atoms with Crippen LogP contribution in [0.5, 0.6) is 0 Å². The van der Waals surface area contributed by atoms with E-state index in [1.165, 1.54) is 18.2 Å². The number of carbonyl (C=O) groups is 2. The molecule has 2 rings (SSSR count). The van der Waals surface area contributed by atoms with Gasteiger partial charge in [-0.1, -0.05) is 11.6 Å². The Morgan fingerprint density at radius 3 is 3.06 bits per heavy atom. The highest BCUT2D eigenvalue weighted by Gasteiger charge is 2.36. The molecule has 1 saturated heterocycles. The summed E-state index contributed by atoms with van der Waals surface area (Å²) in [6.07, 6.45) is 1.58. The highest BCUT2D eigenvalue weighted by atomic mass is 35.5. The Hall–Kier alpha value is -1.82.